The molecule has 90 valence electrons. The van der Waals surface area contributed by atoms with Crippen molar-refractivity contribution in [3.05, 3.63) is 0 Å². The monoisotopic (exact) mass is 215 g/mol. The third-order valence-electron chi connectivity index (χ3n) is 3.57. The highest BCUT2D eigenvalue weighted by molar-refractivity contribution is 4.87. The predicted molar refractivity (Wildman–Crippen MR) is 62.0 cm³/mol. The zero-order valence-corrected chi connectivity index (χ0v) is 10.3. The van der Waals surface area contributed by atoms with Crippen LogP contribution in [0.4, 0.5) is 0 Å². The van der Waals surface area contributed by atoms with E-state index in [1.54, 1.807) is 7.11 Å². The van der Waals surface area contributed by atoms with Gasteiger partial charge in [-0.25, -0.2) is 0 Å². The van der Waals surface area contributed by atoms with Crippen molar-refractivity contribution in [2.75, 3.05) is 27.3 Å². The van der Waals surface area contributed by atoms with Gasteiger partial charge in [-0.15, -0.1) is 0 Å². The molecule has 0 saturated heterocycles. The van der Waals surface area contributed by atoms with E-state index < -0.39 is 5.60 Å². The van der Waals surface area contributed by atoms with E-state index in [4.69, 9.17) is 4.74 Å². The van der Waals surface area contributed by atoms with Crippen LogP contribution in [0, 0.1) is 0 Å². The molecule has 0 aromatic rings. The van der Waals surface area contributed by atoms with Crippen LogP contribution < -0.4 is 0 Å². The van der Waals surface area contributed by atoms with E-state index in [1.807, 2.05) is 0 Å². The third kappa shape index (κ3) is 4.09. The number of aliphatic hydroxyl groups is 1. The lowest BCUT2D eigenvalue weighted by Gasteiger charge is -2.32. The Kier molecular flexibility index (Phi) is 5.03. The van der Waals surface area contributed by atoms with Crippen LogP contribution in [0.2, 0.25) is 0 Å². The molecule has 1 aliphatic rings. The maximum absolute atomic E-state index is 10.3. The number of hydrogen-bond donors (Lipinski definition) is 1. The summed E-state index contributed by atoms with van der Waals surface area (Å²) in [5.74, 6) is 0. The van der Waals surface area contributed by atoms with Gasteiger partial charge in [-0.1, -0.05) is 12.8 Å². The van der Waals surface area contributed by atoms with Crippen LogP contribution in [0.5, 0.6) is 0 Å². The van der Waals surface area contributed by atoms with E-state index in [2.05, 4.69) is 18.9 Å². The summed E-state index contributed by atoms with van der Waals surface area (Å²) in [6, 6.07) is 0.481. The lowest BCUT2D eigenvalue weighted by molar-refractivity contribution is 0.00377. The highest BCUT2D eigenvalue weighted by atomic mass is 16.5. The van der Waals surface area contributed by atoms with Gasteiger partial charge in [0.25, 0.3) is 0 Å². The minimum absolute atomic E-state index is 0.421. The number of hydrogen-bond acceptors (Lipinski definition) is 3. The summed E-state index contributed by atoms with van der Waals surface area (Å²) >= 11 is 0. The van der Waals surface area contributed by atoms with Crippen LogP contribution in [0.3, 0.4) is 0 Å². The smallest absolute Gasteiger partial charge is 0.0774 e. The molecule has 1 rings (SSSR count). The summed E-state index contributed by atoms with van der Waals surface area (Å²) in [6.07, 6.45) is 5.32. The van der Waals surface area contributed by atoms with Crippen LogP contribution in [-0.4, -0.2) is 49.0 Å². The van der Waals surface area contributed by atoms with Crippen LogP contribution in [-0.2, 0) is 4.74 Å². The van der Waals surface area contributed by atoms with Crippen molar-refractivity contribution >= 4 is 0 Å². The summed E-state index contributed by atoms with van der Waals surface area (Å²) in [6.45, 7) is 3.79. The van der Waals surface area contributed by atoms with Crippen molar-refractivity contribution in [1.82, 2.24) is 4.90 Å². The van der Waals surface area contributed by atoms with Crippen LogP contribution in [0.15, 0.2) is 0 Å². The van der Waals surface area contributed by atoms with Crippen molar-refractivity contribution in [2.24, 2.45) is 0 Å². The van der Waals surface area contributed by atoms with E-state index in [9.17, 15) is 5.11 Å². The quantitative estimate of drug-likeness (QED) is 0.731. The summed E-state index contributed by atoms with van der Waals surface area (Å²) in [5.41, 5.74) is -0.421. The molecular formula is C12H25NO2. The molecule has 0 heterocycles. The fourth-order valence-corrected chi connectivity index (χ4v) is 2.32. The van der Waals surface area contributed by atoms with E-state index in [0.29, 0.717) is 6.04 Å². The molecule has 0 radical (unpaired) electrons. The van der Waals surface area contributed by atoms with E-state index in [0.717, 1.165) is 32.4 Å². The van der Waals surface area contributed by atoms with Crippen molar-refractivity contribution in [2.45, 2.75) is 50.7 Å². The average Bonchev–Trinajstić information content (AvgIpc) is 2.61. The fraction of sp³-hybridized carbons (Fsp3) is 1.00. The molecule has 1 atom stereocenters. The second kappa shape index (κ2) is 5.83. The zero-order chi connectivity index (χ0) is 11.3. The van der Waals surface area contributed by atoms with Gasteiger partial charge >= 0.3 is 0 Å². The first kappa shape index (κ1) is 12.9. The first-order chi connectivity index (χ1) is 7.07. The van der Waals surface area contributed by atoms with Crippen LogP contribution >= 0.6 is 0 Å². The first-order valence-corrected chi connectivity index (χ1v) is 5.99. The molecule has 15 heavy (non-hydrogen) atoms. The van der Waals surface area contributed by atoms with E-state index >= 15 is 0 Å². The Bertz CT molecular complexity index is 178. The molecule has 1 fully saturated rings. The topological polar surface area (TPSA) is 32.7 Å². The third-order valence-corrected chi connectivity index (χ3v) is 3.57. The number of methoxy groups -OCH3 is 1. The van der Waals surface area contributed by atoms with Gasteiger partial charge in [-0.3, -0.25) is 0 Å². The molecule has 0 bridgehead atoms. The van der Waals surface area contributed by atoms with Gasteiger partial charge in [0.05, 0.1) is 5.60 Å². The highest BCUT2D eigenvalue weighted by Gasteiger charge is 2.32. The highest BCUT2D eigenvalue weighted by Crippen LogP contribution is 2.30. The molecule has 0 aromatic carbocycles. The fourth-order valence-electron chi connectivity index (χ4n) is 2.32. The van der Waals surface area contributed by atoms with Crippen molar-refractivity contribution in [3.63, 3.8) is 0 Å². The summed E-state index contributed by atoms with van der Waals surface area (Å²) in [5, 5.41) is 10.3. The SMILES string of the molecule is COCCC(C)N(C)CC1(O)CCCC1. The molecule has 0 aliphatic heterocycles. The number of ether oxygens (including phenoxy) is 1. The predicted octanol–water partition coefficient (Wildman–Crippen LogP) is 1.65. The molecule has 0 amide bonds. The minimum atomic E-state index is -0.421. The average molecular weight is 215 g/mol. The molecule has 3 nitrogen and oxygen atoms in total. The van der Waals surface area contributed by atoms with Gasteiger partial charge in [-0.2, -0.15) is 0 Å². The van der Waals surface area contributed by atoms with Gasteiger partial charge < -0.3 is 14.7 Å². The standard InChI is InChI=1S/C12H25NO2/c1-11(6-9-15-3)13(2)10-12(14)7-4-5-8-12/h11,14H,4-10H2,1-3H3. The second-order valence-corrected chi connectivity index (χ2v) is 4.98. The van der Waals surface area contributed by atoms with Gasteiger partial charge in [0, 0.05) is 26.3 Å². The van der Waals surface area contributed by atoms with Gasteiger partial charge in [0.15, 0.2) is 0 Å². The number of likely N-dealkylation sites (N-methyl/N-ethyl adjacent to an activating group) is 1. The molecule has 3 heteroatoms. The van der Waals surface area contributed by atoms with Crippen LogP contribution in [0.25, 0.3) is 0 Å². The lowest BCUT2D eigenvalue weighted by atomic mass is 10.0. The Morgan fingerprint density at radius 3 is 2.53 bits per heavy atom. The Labute approximate surface area is 93.4 Å². The van der Waals surface area contributed by atoms with Crippen molar-refractivity contribution < 1.29 is 9.84 Å². The number of rotatable bonds is 6. The molecule has 1 saturated carbocycles. The summed E-state index contributed by atoms with van der Waals surface area (Å²) in [4.78, 5) is 2.25. The maximum atomic E-state index is 10.3. The molecule has 0 aromatic heterocycles. The van der Waals surface area contributed by atoms with Gasteiger partial charge in [0.2, 0.25) is 0 Å². The largest absolute Gasteiger partial charge is 0.389 e. The minimum Gasteiger partial charge on any atom is -0.389 e. The molecule has 1 N–H and O–H groups in total. The zero-order valence-electron chi connectivity index (χ0n) is 10.3. The second-order valence-electron chi connectivity index (χ2n) is 4.98. The Morgan fingerprint density at radius 1 is 1.40 bits per heavy atom. The first-order valence-electron chi connectivity index (χ1n) is 5.99. The van der Waals surface area contributed by atoms with Crippen molar-refractivity contribution in [1.29, 1.82) is 0 Å². The van der Waals surface area contributed by atoms with Crippen molar-refractivity contribution in [3.8, 4) is 0 Å². The normalized spacial score (nSPS) is 22.2. The summed E-state index contributed by atoms with van der Waals surface area (Å²) < 4.78 is 5.07. The molecule has 1 unspecified atom stereocenters. The summed E-state index contributed by atoms with van der Waals surface area (Å²) in [7, 11) is 3.83. The Balaban J connectivity index is 2.30. The van der Waals surface area contributed by atoms with Gasteiger partial charge in [-0.05, 0) is 33.2 Å². The van der Waals surface area contributed by atoms with E-state index in [1.165, 1.54) is 12.8 Å². The Hall–Kier alpha value is -0.120. The maximum Gasteiger partial charge on any atom is 0.0774 e. The van der Waals surface area contributed by atoms with Crippen LogP contribution in [0.1, 0.15) is 39.0 Å². The molecule has 1 aliphatic carbocycles. The van der Waals surface area contributed by atoms with E-state index in [-0.39, 0.29) is 0 Å². The number of nitrogens with zero attached hydrogens (tertiary/aromatic N) is 1. The van der Waals surface area contributed by atoms with Gasteiger partial charge in [0.1, 0.15) is 0 Å². The molecular weight excluding hydrogens is 190 g/mol. The lowest BCUT2D eigenvalue weighted by Crippen LogP contribution is -2.43. The molecule has 0 spiro atoms. The Morgan fingerprint density at radius 2 is 2.00 bits per heavy atom.